The van der Waals surface area contributed by atoms with E-state index in [0.717, 1.165) is 25.9 Å². The van der Waals surface area contributed by atoms with Gasteiger partial charge in [0.15, 0.2) is 0 Å². The first-order valence-corrected chi connectivity index (χ1v) is 7.79. The average Bonchev–Trinajstić information content (AvgIpc) is 2.96. The van der Waals surface area contributed by atoms with Gasteiger partial charge in [0.05, 0.1) is 5.41 Å². The molecule has 0 spiro atoms. The number of hydrogen-bond donors (Lipinski definition) is 1. The van der Waals surface area contributed by atoms with Crippen molar-refractivity contribution in [1.82, 2.24) is 15.1 Å². The first-order chi connectivity index (χ1) is 9.50. The van der Waals surface area contributed by atoms with Crippen molar-refractivity contribution in [1.29, 1.82) is 0 Å². The van der Waals surface area contributed by atoms with Crippen LogP contribution in [0.2, 0.25) is 0 Å². The molecule has 2 heterocycles. The highest BCUT2D eigenvalue weighted by Crippen LogP contribution is 2.32. The van der Waals surface area contributed by atoms with Crippen LogP contribution in [0, 0.1) is 11.3 Å². The lowest BCUT2D eigenvalue weighted by molar-refractivity contribution is -0.147. The molecule has 0 aromatic rings. The van der Waals surface area contributed by atoms with E-state index in [9.17, 15) is 9.59 Å². The van der Waals surface area contributed by atoms with Gasteiger partial charge in [-0.1, -0.05) is 20.8 Å². The quantitative estimate of drug-likeness (QED) is 0.828. The molecule has 0 aromatic carbocycles. The molecule has 114 valence electrons. The van der Waals surface area contributed by atoms with Gasteiger partial charge in [-0.05, 0) is 19.4 Å². The van der Waals surface area contributed by atoms with E-state index in [1.807, 2.05) is 23.6 Å². The highest BCUT2D eigenvalue weighted by atomic mass is 16.2. The molecular formula is C15H27N3O2. The largest absolute Gasteiger partial charge is 0.339 e. The van der Waals surface area contributed by atoms with Gasteiger partial charge in [-0.3, -0.25) is 9.59 Å². The van der Waals surface area contributed by atoms with Crippen molar-refractivity contribution in [2.24, 2.45) is 11.3 Å². The summed E-state index contributed by atoms with van der Waals surface area (Å²) in [4.78, 5) is 28.6. The Kier molecular flexibility index (Phi) is 4.68. The van der Waals surface area contributed by atoms with Crippen molar-refractivity contribution < 1.29 is 9.59 Å². The van der Waals surface area contributed by atoms with E-state index in [1.165, 1.54) is 0 Å². The van der Waals surface area contributed by atoms with Crippen molar-refractivity contribution in [3.05, 3.63) is 0 Å². The van der Waals surface area contributed by atoms with Crippen LogP contribution in [0.5, 0.6) is 0 Å². The first-order valence-electron chi connectivity index (χ1n) is 7.79. The molecule has 2 amide bonds. The average molecular weight is 281 g/mol. The number of nitrogens with zero attached hydrogens (tertiary/aromatic N) is 2. The molecule has 0 aromatic heterocycles. The fourth-order valence-electron chi connectivity index (χ4n) is 3.21. The standard InChI is InChI=1S/C15H27N3O2/c1-4-15(5-6-16-11-15)14(20)18-9-7-17(8-10-18)13(19)12(2)3/h12,16H,4-11H2,1-3H3. The van der Waals surface area contributed by atoms with E-state index in [1.54, 1.807) is 0 Å². The third-order valence-corrected chi connectivity index (χ3v) is 4.75. The number of carbonyl (C=O) groups excluding carboxylic acids is 2. The van der Waals surface area contributed by atoms with Gasteiger partial charge in [0.2, 0.25) is 11.8 Å². The summed E-state index contributed by atoms with van der Waals surface area (Å²) in [6.45, 7) is 10.4. The van der Waals surface area contributed by atoms with Gasteiger partial charge < -0.3 is 15.1 Å². The molecule has 2 fully saturated rings. The molecule has 0 radical (unpaired) electrons. The molecule has 0 aliphatic carbocycles. The molecule has 2 aliphatic heterocycles. The fourth-order valence-corrected chi connectivity index (χ4v) is 3.21. The van der Waals surface area contributed by atoms with E-state index in [2.05, 4.69) is 12.2 Å². The molecule has 5 nitrogen and oxygen atoms in total. The second kappa shape index (κ2) is 6.12. The van der Waals surface area contributed by atoms with Crippen LogP contribution in [0.25, 0.3) is 0 Å². The van der Waals surface area contributed by atoms with Crippen molar-refractivity contribution in [2.45, 2.75) is 33.6 Å². The molecule has 1 N–H and O–H groups in total. The van der Waals surface area contributed by atoms with E-state index >= 15 is 0 Å². The van der Waals surface area contributed by atoms with E-state index in [4.69, 9.17) is 0 Å². The fraction of sp³-hybridized carbons (Fsp3) is 0.867. The zero-order valence-electron chi connectivity index (χ0n) is 12.9. The Labute approximate surface area is 121 Å². The molecule has 0 bridgehead atoms. The maximum Gasteiger partial charge on any atom is 0.230 e. The minimum atomic E-state index is -0.204. The maximum atomic E-state index is 12.7. The monoisotopic (exact) mass is 281 g/mol. The third-order valence-electron chi connectivity index (χ3n) is 4.75. The van der Waals surface area contributed by atoms with Gasteiger partial charge in [-0.25, -0.2) is 0 Å². The number of piperazine rings is 1. The summed E-state index contributed by atoms with van der Waals surface area (Å²) in [5.41, 5.74) is -0.204. The predicted molar refractivity (Wildman–Crippen MR) is 78.2 cm³/mol. The maximum absolute atomic E-state index is 12.7. The second-order valence-corrected chi connectivity index (χ2v) is 6.33. The van der Waals surface area contributed by atoms with E-state index in [-0.39, 0.29) is 23.1 Å². The van der Waals surface area contributed by atoms with Crippen molar-refractivity contribution in [3.8, 4) is 0 Å². The smallest absolute Gasteiger partial charge is 0.230 e. The topological polar surface area (TPSA) is 52.7 Å². The van der Waals surface area contributed by atoms with Crippen LogP contribution < -0.4 is 5.32 Å². The molecule has 1 unspecified atom stereocenters. The van der Waals surface area contributed by atoms with Crippen LogP contribution >= 0.6 is 0 Å². The minimum absolute atomic E-state index is 0.0401. The van der Waals surface area contributed by atoms with Gasteiger partial charge in [0, 0.05) is 38.6 Å². The first kappa shape index (κ1) is 15.3. The molecule has 2 aliphatic rings. The van der Waals surface area contributed by atoms with Gasteiger partial charge in [-0.2, -0.15) is 0 Å². The lowest BCUT2D eigenvalue weighted by atomic mass is 9.82. The molecule has 2 saturated heterocycles. The molecule has 0 saturated carbocycles. The molecule has 2 rings (SSSR count). The van der Waals surface area contributed by atoms with Gasteiger partial charge >= 0.3 is 0 Å². The minimum Gasteiger partial charge on any atom is -0.339 e. The number of nitrogens with one attached hydrogen (secondary N) is 1. The Morgan fingerprint density at radius 3 is 2.20 bits per heavy atom. The van der Waals surface area contributed by atoms with Gasteiger partial charge in [0.25, 0.3) is 0 Å². The Morgan fingerprint density at radius 2 is 1.75 bits per heavy atom. The van der Waals surface area contributed by atoms with Gasteiger partial charge in [0.1, 0.15) is 0 Å². The van der Waals surface area contributed by atoms with Gasteiger partial charge in [-0.15, -0.1) is 0 Å². The van der Waals surface area contributed by atoms with Crippen LogP contribution in [-0.4, -0.2) is 60.9 Å². The summed E-state index contributed by atoms with van der Waals surface area (Å²) in [7, 11) is 0. The van der Waals surface area contributed by atoms with Crippen molar-refractivity contribution in [3.63, 3.8) is 0 Å². The molecule has 1 atom stereocenters. The SMILES string of the molecule is CCC1(C(=O)N2CCN(C(=O)C(C)C)CC2)CCNC1. The number of rotatable bonds is 3. The molecule has 20 heavy (non-hydrogen) atoms. The van der Waals surface area contributed by atoms with Crippen molar-refractivity contribution in [2.75, 3.05) is 39.3 Å². The Hall–Kier alpha value is -1.10. The van der Waals surface area contributed by atoms with Crippen molar-refractivity contribution >= 4 is 11.8 Å². The zero-order chi connectivity index (χ0) is 14.8. The Balaban J connectivity index is 1.93. The number of hydrogen-bond acceptors (Lipinski definition) is 3. The normalized spacial score (nSPS) is 27.2. The summed E-state index contributed by atoms with van der Waals surface area (Å²) in [5.74, 6) is 0.518. The van der Waals surface area contributed by atoms with Crippen LogP contribution in [-0.2, 0) is 9.59 Å². The zero-order valence-corrected chi connectivity index (χ0v) is 12.9. The van der Waals surface area contributed by atoms with E-state index in [0.29, 0.717) is 26.2 Å². The third kappa shape index (κ3) is 2.82. The van der Waals surface area contributed by atoms with Crippen LogP contribution in [0.1, 0.15) is 33.6 Å². The van der Waals surface area contributed by atoms with Crippen LogP contribution in [0.3, 0.4) is 0 Å². The number of amides is 2. The summed E-state index contributed by atoms with van der Waals surface area (Å²) < 4.78 is 0. The lowest BCUT2D eigenvalue weighted by Gasteiger charge is -2.39. The highest BCUT2D eigenvalue weighted by Gasteiger charge is 2.42. The number of carbonyl (C=O) groups is 2. The lowest BCUT2D eigenvalue weighted by Crippen LogP contribution is -2.55. The predicted octanol–water partition coefficient (Wildman–Crippen LogP) is 0.703. The Morgan fingerprint density at radius 1 is 1.15 bits per heavy atom. The summed E-state index contributed by atoms with van der Waals surface area (Å²) in [5, 5.41) is 3.31. The highest BCUT2D eigenvalue weighted by molar-refractivity contribution is 5.84. The Bertz CT molecular complexity index is 367. The van der Waals surface area contributed by atoms with Crippen LogP contribution in [0.4, 0.5) is 0 Å². The summed E-state index contributed by atoms with van der Waals surface area (Å²) in [6, 6.07) is 0. The molecule has 5 heteroatoms. The second-order valence-electron chi connectivity index (χ2n) is 6.33. The van der Waals surface area contributed by atoms with Crippen LogP contribution in [0.15, 0.2) is 0 Å². The summed E-state index contributed by atoms with van der Waals surface area (Å²) >= 11 is 0. The molecular weight excluding hydrogens is 254 g/mol. The summed E-state index contributed by atoms with van der Waals surface area (Å²) in [6.07, 6.45) is 1.83. The van der Waals surface area contributed by atoms with E-state index < -0.39 is 0 Å².